The van der Waals surface area contributed by atoms with Crippen molar-refractivity contribution in [3.05, 3.63) is 53.9 Å². The third kappa shape index (κ3) is 3.41. The van der Waals surface area contributed by atoms with Gasteiger partial charge < -0.3 is 4.57 Å². The summed E-state index contributed by atoms with van der Waals surface area (Å²) < 4.78 is 15.8. The van der Waals surface area contributed by atoms with Gasteiger partial charge in [-0.3, -0.25) is 4.90 Å². The van der Waals surface area contributed by atoms with Crippen molar-refractivity contribution in [2.45, 2.75) is 33.5 Å². The molecule has 3 nitrogen and oxygen atoms in total. The molecule has 0 amide bonds. The molecule has 1 aromatic heterocycles. The molecule has 2 rings (SSSR count). The number of benzene rings is 1. The van der Waals surface area contributed by atoms with E-state index in [4.69, 9.17) is 0 Å². The van der Waals surface area contributed by atoms with Crippen LogP contribution in [0.25, 0.3) is 0 Å². The van der Waals surface area contributed by atoms with Gasteiger partial charge in [-0.2, -0.15) is 0 Å². The van der Waals surface area contributed by atoms with Crippen molar-refractivity contribution in [1.29, 1.82) is 0 Å². The summed E-state index contributed by atoms with van der Waals surface area (Å²) in [5, 5.41) is 0. The van der Waals surface area contributed by atoms with Crippen molar-refractivity contribution < 1.29 is 4.39 Å². The monoisotopic (exact) mass is 261 g/mol. The fourth-order valence-electron chi connectivity index (χ4n) is 2.13. The first-order chi connectivity index (χ1) is 9.24. The number of rotatable bonds is 6. The van der Waals surface area contributed by atoms with Gasteiger partial charge in [-0.05, 0) is 19.5 Å². The highest BCUT2D eigenvalue weighted by molar-refractivity contribution is 5.17. The van der Waals surface area contributed by atoms with Crippen molar-refractivity contribution in [3.63, 3.8) is 0 Å². The molecule has 0 aliphatic rings. The van der Waals surface area contributed by atoms with Gasteiger partial charge in [-0.1, -0.05) is 25.1 Å². The first-order valence-electron chi connectivity index (χ1n) is 6.70. The molecule has 0 aliphatic heterocycles. The number of hydrogen-bond donors (Lipinski definition) is 0. The van der Waals surface area contributed by atoms with Crippen LogP contribution in [0.4, 0.5) is 4.39 Å². The van der Waals surface area contributed by atoms with Crippen LogP contribution in [0.3, 0.4) is 0 Å². The van der Waals surface area contributed by atoms with E-state index < -0.39 is 0 Å². The summed E-state index contributed by atoms with van der Waals surface area (Å²) in [5.74, 6) is 0.889. The first-order valence-corrected chi connectivity index (χ1v) is 6.70. The number of aromatic nitrogens is 2. The Morgan fingerprint density at radius 2 is 2.00 bits per heavy atom. The number of imidazole rings is 1. The zero-order valence-electron chi connectivity index (χ0n) is 11.5. The largest absolute Gasteiger partial charge is 0.334 e. The Balaban J connectivity index is 2.07. The third-order valence-corrected chi connectivity index (χ3v) is 3.31. The van der Waals surface area contributed by atoms with E-state index in [0.717, 1.165) is 31.0 Å². The molecule has 1 heterocycles. The van der Waals surface area contributed by atoms with Crippen LogP contribution >= 0.6 is 0 Å². The molecule has 102 valence electrons. The second-order valence-corrected chi connectivity index (χ2v) is 4.52. The molecule has 0 fully saturated rings. The smallest absolute Gasteiger partial charge is 0.127 e. The normalized spacial score (nSPS) is 11.2. The fourth-order valence-corrected chi connectivity index (χ4v) is 2.13. The summed E-state index contributed by atoms with van der Waals surface area (Å²) in [6, 6.07) is 6.94. The van der Waals surface area contributed by atoms with Crippen LogP contribution in [-0.2, 0) is 19.6 Å². The Labute approximate surface area is 113 Å². The highest BCUT2D eigenvalue weighted by Crippen LogP contribution is 2.12. The molecule has 0 spiro atoms. The van der Waals surface area contributed by atoms with E-state index in [1.54, 1.807) is 6.07 Å². The van der Waals surface area contributed by atoms with E-state index in [-0.39, 0.29) is 5.82 Å². The predicted octanol–water partition coefficient (Wildman–Crippen LogP) is 3.06. The molecule has 0 atom stereocenters. The Bertz CT molecular complexity index is 522. The number of hydrogen-bond acceptors (Lipinski definition) is 2. The maximum Gasteiger partial charge on any atom is 0.127 e. The van der Waals surface area contributed by atoms with Gasteiger partial charge in [0.1, 0.15) is 11.6 Å². The molecular weight excluding hydrogens is 241 g/mol. The van der Waals surface area contributed by atoms with Crippen molar-refractivity contribution in [2.24, 2.45) is 0 Å². The highest BCUT2D eigenvalue weighted by atomic mass is 19.1. The Kier molecular flexibility index (Phi) is 4.68. The van der Waals surface area contributed by atoms with Gasteiger partial charge in [-0.15, -0.1) is 0 Å². The molecule has 0 aliphatic carbocycles. The molecule has 0 bridgehead atoms. The van der Waals surface area contributed by atoms with Crippen LogP contribution in [-0.4, -0.2) is 21.0 Å². The maximum absolute atomic E-state index is 13.7. The van der Waals surface area contributed by atoms with Crippen LogP contribution in [0.15, 0.2) is 36.7 Å². The second kappa shape index (κ2) is 6.48. The molecule has 0 radical (unpaired) electrons. The molecule has 2 aromatic rings. The van der Waals surface area contributed by atoms with E-state index in [2.05, 4.69) is 28.3 Å². The van der Waals surface area contributed by atoms with E-state index in [1.165, 1.54) is 6.07 Å². The van der Waals surface area contributed by atoms with Crippen molar-refractivity contribution in [3.8, 4) is 0 Å². The zero-order chi connectivity index (χ0) is 13.7. The standard InChI is InChI=1S/C15H20FN3/c1-3-18(11-13-7-5-6-8-14(13)16)12-15-17-9-10-19(15)4-2/h5-10H,3-4,11-12H2,1-2H3. The minimum atomic E-state index is -0.139. The zero-order valence-corrected chi connectivity index (χ0v) is 11.5. The van der Waals surface area contributed by atoms with E-state index >= 15 is 0 Å². The topological polar surface area (TPSA) is 21.1 Å². The van der Waals surface area contributed by atoms with Gasteiger partial charge in [0.05, 0.1) is 6.54 Å². The molecule has 0 N–H and O–H groups in total. The molecule has 1 aromatic carbocycles. The third-order valence-electron chi connectivity index (χ3n) is 3.31. The van der Waals surface area contributed by atoms with E-state index in [0.29, 0.717) is 6.54 Å². The van der Waals surface area contributed by atoms with Gasteiger partial charge in [0.25, 0.3) is 0 Å². The van der Waals surface area contributed by atoms with Crippen molar-refractivity contribution >= 4 is 0 Å². The number of aryl methyl sites for hydroxylation is 1. The van der Waals surface area contributed by atoms with Crippen LogP contribution in [0.1, 0.15) is 25.2 Å². The van der Waals surface area contributed by atoms with Crippen molar-refractivity contribution in [2.75, 3.05) is 6.54 Å². The average Bonchev–Trinajstić information content (AvgIpc) is 2.87. The molecule has 0 saturated carbocycles. The Hall–Kier alpha value is -1.68. The minimum Gasteiger partial charge on any atom is -0.334 e. The van der Waals surface area contributed by atoms with Gasteiger partial charge in [-0.25, -0.2) is 9.37 Å². The van der Waals surface area contributed by atoms with Gasteiger partial charge in [0.15, 0.2) is 0 Å². The molecule has 4 heteroatoms. The Morgan fingerprint density at radius 1 is 1.21 bits per heavy atom. The quantitative estimate of drug-likeness (QED) is 0.797. The van der Waals surface area contributed by atoms with E-state index in [1.807, 2.05) is 24.5 Å². The van der Waals surface area contributed by atoms with Gasteiger partial charge in [0.2, 0.25) is 0 Å². The second-order valence-electron chi connectivity index (χ2n) is 4.52. The summed E-state index contributed by atoms with van der Waals surface area (Å²) in [5.41, 5.74) is 0.735. The molecule has 0 unspecified atom stereocenters. The summed E-state index contributed by atoms with van der Waals surface area (Å²) in [6.45, 7) is 7.31. The summed E-state index contributed by atoms with van der Waals surface area (Å²) >= 11 is 0. The Morgan fingerprint density at radius 3 is 2.68 bits per heavy atom. The molecule has 0 saturated heterocycles. The van der Waals surface area contributed by atoms with Crippen LogP contribution in [0.2, 0.25) is 0 Å². The van der Waals surface area contributed by atoms with Gasteiger partial charge in [0, 0.05) is 31.0 Å². The summed E-state index contributed by atoms with van der Waals surface area (Å²) in [4.78, 5) is 6.55. The lowest BCUT2D eigenvalue weighted by molar-refractivity contribution is 0.257. The SMILES string of the molecule is CCN(Cc1ccccc1F)Cc1nccn1CC. The average molecular weight is 261 g/mol. The summed E-state index contributed by atoms with van der Waals surface area (Å²) in [7, 11) is 0. The fraction of sp³-hybridized carbons (Fsp3) is 0.400. The van der Waals surface area contributed by atoms with Crippen LogP contribution < -0.4 is 0 Å². The lowest BCUT2D eigenvalue weighted by Crippen LogP contribution is -2.24. The maximum atomic E-state index is 13.7. The first kappa shape index (κ1) is 13.7. The summed E-state index contributed by atoms with van der Waals surface area (Å²) in [6.07, 6.45) is 3.79. The molecular formula is C15H20FN3. The van der Waals surface area contributed by atoms with Crippen LogP contribution in [0.5, 0.6) is 0 Å². The number of nitrogens with zero attached hydrogens (tertiary/aromatic N) is 3. The lowest BCUT2D eigenvalue weighted by Gasteiger charge is -2.20. The predicted molar refractivity (Wildman–Crippen MR) is 74.1 cm³/mol. The minimum absolute atomic E-state index is 0.139. The highest BCUT2D eigenvalue weighted by Gasteiger charge is 2.10. The van der Waals surface area contributed by atoms with Gasteiger partial charge >= 0.3 is 0 Å². The van der Waals surface area contributed by atoms with Crippen LogP contribution in [0, 0.1) is 5.82 Å². The lowest BCUT2D eigenvalue weighted by atomic mass is 10.2. The van der Waals surface area contributed by atoms with Crippen molar-refractivity contribution in [1.82, 2.24) is 14.5 Å². The van der Waals surface area contributed by atoms with E-state index in [9.17, 15) is 4.39 Å². The molecule has 19 heavy (non-hydrogen) atoms. The number of halogens is 1.